The smallest absolute Gasteiger partial charge is 0.180 e. The van der Waals surface area contributed by atoms with Crippen molar-refractivity contribution in [1.82, 2.24) is 0 Å². The zero-order valence-corrected chi connectivity index (χ0v) is 7.17. The number of carbonyl (C=O) groups is 1. The highest BCUT2D eigenvalue weighted by molar-refractivity contribution is 5.60. The van der Waals surface area contributed by atoms with Crippen LogP contribution in [0.3, 0.4) is 0 Å². The van der Waals surface area contributed by atoms with Crippen LogP contribution in [0.2, 0.25) is 0 Å². The molecular formula is C10H11FO. The van der Waals surface area contributed by atoms with Gasteiger partial charge < -0.3 is 0 Å². The summed E-state index contributed by atoms with van der Waals surface area (Å²) in [5, 5.41) is 0. The lowest BCUT2D eigenvalue weighted by molar-refractivity contribution is -0.112. The van der Waals surface area contributed by atoms with Crippen LogP contribution in [-0.2, 0) is 4.79 Å². The van der Waals surface area contributed by atoms with E-state index in [0.29, 0.717) is 11.8 Å². The summed E-state index contributed by atoms with van der Waals surface area (Å²) in [4.78, 5) is 10.1. The molecule has 0 heterocycles. The molecule has 12 heavy (non-hydrogen) atoms. The largest absolute Gasteiger partial charge is 0.300 e. The number of alkyl halides is 1. The Balaban J connectivity index is 3.04. The zero-order chi connectivity index (χ0) is 9.14. The minimum absolute atomic E-state index is 0.310. The molecule has 1 aromatic carbocycles. The fourth-order valence-corrected chi connectivity index (χ4v) is 1.01. The summed E-state index contributed by atoms with van der Waals surface area (Å²) in [7, 11) is 0. The van der Waals surface area contributed by atoms with Crippen molar-refractivity contribution in [3.63, 3.8) is 0 Å². The Kier molecular flexibility index (Phi) is 2.58. The van der Waals surface area contributed by atoms with E-state index in [1.54, 1.807) is 12.1 Å². The van der Waals surface area contributed by atoms with Crippen LogP contribution in [0.1, 0.15) is 22.9 Å². The molecule has 64 valence electrons. The summed E-state index contributed by atoms with van der Waals surface area (Å²) in [6, 6.07) is 5.16. The van der Waals surface area contributed by atoms with Gasteiger partial charge in [-0.2, -0.15) is 0 Å². The van der Waals surface area contributed by atoms with Gasteiger partial charge in [-0.25, -0.2) is 4.39 Å². The van der Waals surface area contributed by atoms with Gasteiger partial charge in [0.25, 0.3) is 0 Å². The van der Waals surface area contributed by atoms with Gasteiger partial charge in [0.2, 0.25) is 0 Å². The second-order valence-corrected chi connectivity index (χ2v) is 2.88. The van der Waals surface area contributed by atoms with Crippen molar-refractivity contribution in [2.45, 2.75) is 20.0 Å². The van der Waals surface area contributed by atoms with Crippen molar-refractivity contribution in [2.24, 2.45) is 0 Å². The Morgan fingerprint density at radius 3 is 2.50 bits per heavy atom. The minimum Gasteiger partial charge on any atom is -0.300 e. The Hall–Kier alpha value is -1.18. The number of aryl methyl sites for hydroxylation is 2. The highest BCUT2D eigenvalue weighted by atomic mass is 19.1. The second-order valence-electron chi connectivity index (χ2n) is 2.88. The molecule has 1 aromatic rings. The molecule has 0 aromatic heterocycles. The van der Waals surface area contributed by atoms with Crippen molar-refractivity contribution in [3.05, 3.63) is 34.9 Å². The van der Waals surface area contributed by atoms with Crippen LogP contribution in [0, 0.1) is 13.8 Å². The SMILES string of the molecule is Cc1ccc(C(F)C=O)cc1C. The van der Waals surface area contributed by atoms with Crippen LogP contribution in [0.25, 0.3) is 0 Å². The van der Waals surface area contributed by atoms with Gasteiger partial charge in [0.05, 0.1) is 0 Å². The molecule has 0 aliphatic rings. The van der Waals surface area contributed by atoms with Gasteiger partial charge in [-0.3, -0.25) is 4.79 Å². The van der Waals surface area contributed by atoms with Gasteiger partial charge >= 0.3 is 0 Å². The molecule has 0 fully saturated rings. The fraction of sp³-hybridized carbons (Fsp3) is 0.300. The Morgan fingerprint density at radius 1 is 1.33 bits per heavy atom. The second kappa shape index (κ2) is 3.48. The predicted octanol–water partition coefficient (Wildman–Crippen LogP) is 2.51. The van der Waals surface area contributed by atoms with Crippen molar-refractivity contribution >= 4 is 6.29 Å². The molecule has 0 aliphatic heterocycles. The summed E-state index contributed by atoms with van der Waals surface area (Å²) in [6.07, 6.45) is -1.17. The maximum absolute atomic E-state index is 12.8. The fourth-order valence-electron chi connectivity index (χ4n) is 1.01. The molecule has 0 aliphatic carbocycles. The van der Waals surface area contributed by atoms with E-state index in [2.05, 4.69) is 0 Å². The van der Waals surface area contributed by atoms with Crippen molar-refractivity contribution in [1.29, 1.82) is 0 Å². The summed E-state index contributed by atoms with van der Waals surface area (Å²) in [5.41, 5.74) is 2.56. The number of benzene rings is 1. The third-order valence-corrected chi connectivity index (χ3v) is 1.97. The van der Waals surface area contributed by atoms with Crippen LogP contribution < -0.4 is 0 Å². The maximum atomic E-state index is 12.8. The van der Waals surface area contributed by atoms with E-state index in [1.807, 2.05) is 19.9 Å². The molecule has 1 atom stereocenters. The number of halogens is 1. The van der Waals surface area contributed by atoms with Crippen molar-refractivity contribution in [3.8, 4) is 0 Å². The van der Waals surface area contributed by atoms with E-state index in [0.717, 1.165) is 11.1 Å². The third kappa shape index (κ3) is 1.70. The normalized spacial score (nSPS) is 12.6. The summed E-state index contributed by atoms with van der Waals surface area (Å²) >= 11 is 0. The molecule has 0 spiro atoms. The maximum Gasteiger partial charge on any atom is 0.180 e. The first-order valence-corrected chi connectivity index (χ1v) is 3.81. The monoisotopic (exact) mass is 166 g/mol. The Bertz CT molecular complexity index is 294. The summed E-state index contributed by atoms with van der Waals surface area (Å²) in [5.74, 6) is 0. The molecule has 1 rings (SSSR count). The highest BCUT2D eigenvalue weighted by Crippen LogP contribution is 2.18. The Labute approximate surface area is 71.2 Å². The number of aldehydes is 1. The third-order valence-electron chi connectivity index (χ3n) is 1.97. The summed E-state index contributed by atoms with van der Waals surface area (Å²) < 4.78 is 12.8. The first-order chi connectivity index (χ1) is 5.65. The van der Waals surface area contributed by atoms with E-state index in [9.17, 15) is 9.18 Å². The van der Waals surface area contributed by atoms with Crippen LogP contribution in [0.5, 0.6) is 0 Å². The quantitative estimate of drug-likeness (QED) is 0.617. The Morgan fingerprint density at radius 2 is 2.00 bits per heavy atom. The lowest BCUT2D eigenvalue weighted by Crippen LogP contribution is -1.93. The molecule has 0 N–H and O–H groups in total. The average molecular weight is 166 g/mol. The van der Waals surface area contributed by atoms with Crippen LogP contribution in [0.15, 0.2) is 18.2 Å². The molecule has 1 unspecified atom stereocenters. The van der Waals surface area contributed by atoms with Crippen molar-refractivity contribution < 1.29 is 9.18 Å². The molecule has 0 saturated carbocycles. The standard InChI is InChI=1S/C10H11FO/c1-7-3-4-9(5-8(7)2)10(11)6-12/h3-6,10H,1-2H3. The van der Waals surface area contributed by atoms with Crippen LogP contribution in [0.4, 0.5) is 4.39 Å². The van der Waals surface area contributed by atoms with Gasteiger partial charge in [-0.1, -0.05) is 18.2 Å². The van der Waals surface area contributed by atoms with E-state index < -0.39 is 6.17 Å². The molecule has 0 saturated heterocycles. The number of hydrogen-bond donors (Lipinski definition) is 0. The molecule has 0 bridgehead atoms. The van der Waals surface area contributed by atoms with Gasteiger partial charge in [-0.05, 0) is 30.5 Å². The van der Waals surface area contributed by atoms with Crippen LogP contribution in [-0.4, -0.2) is 6.29 Å². The van der Waals surface area contributed by atoms with E-state index in [1.165, 1.54) is 0 Å². The molecular weight excluding hydrogens is 155 g/mol. The molecule has 0 amide bonds. The first-order valence-electron chi connectivity index (χ1n) is 3.81. The van der Waals surface area contributed by atoms with E-state index in [-0.39, 0.29) is 0 Å². The van der Waals surface area contributed by atoms with E-state index >= 15 is 0 Å². The predicted molar refractivity (Wildman–Crippen MR) is 45.8 cm³/mol. The molecule has 1 nitrogen and oxygen atoms in total. The zero-order valence-electron chi connectivity index (χ0n) is 7.17. The number of hydrogen-bond acceptors (Lipinski definition) is 1. The average Bonchev–Trinajstić information content (AvgIpc) is 2.08. The number of carbonyl (C=O) groups excluding carboxylic acids is 1. The van der Waals surface area contributed by atoms with Gasteiger partial charge in [0, 0.05) is 0 Å². The highest BCUT2D eigenvalue weighted by Gasteiger charge is 2.07. The lowest BCUT2D eigenvalue weighted by Gasteiger charge is -2.04. The first kappa shape index (κ1) is 8.91. The number of rotatable bonds is 2. The lowest BCUT2D eigenvalue weighted by atomic mass is 10.0. The van der Waals surface area contributed by atoms with Gasteiger partial charge in [-0.15, -0.1) is 0 Å². The summed E-state index contributed by atoms with van der Waals surface area (Å²) in [6.45, 7) is 3.85. The van der Waals surface area contributed by atoms with Crippen molar-refractivity contribution in [2.75, 3.05) is 0 Å². The minimum atomic E-state index is -1.48. The van der Waals surface area contributed by atoms with Crippen LogP contribution >= 0.6 is 0 Å². The molecule has 2 heteroatoms. The topological polar surface area (TPSA) is 17.1 Å². The van der Waals surface area contributed by atoms with Gasteiger partial charge in [0.15, 0.2) is 12.5 Å². The van der Waals surface area contributed by atoms with Gasteiger partial charge in [0.1, 0.15) is 0 Å². The molecule has 0 radical (unpaired) electrons. The van der Waals surface area contributed by atoms with E-state index in [4.69, 9.17) is 0 Å².